The van der Waals surface area contributed by atoms with Crippen LogP contribution in [0.5, 0.6) is 0 Å². The molecule has 2 heterocycles. The highest BCUT2D eigenvalue weighted by atomic mass is 32.2. The van der Waals surface area contributed by atoms with E-state index in [4.69, 9.17) is 5.73 Å². The van der Waals surface area contributed by atoms with E-state index in [1.807, 2.05) is 18.7 Å². The molecule has 1 amide bonds. The van der Waals surface area contributed by atoms with Gasteiger partial charge in [0.25, 0.3) is 5.91 Å². The molecule has 2 rings (SSSR count). The Balaban J connectivity index is 2.01. The van der Waals surface area contributed by atoms with Crippen molar-refractivity contribution in [3.8, 4) is 0 Å². The van der Waals surface area contributed by atoms with Crippen molar-refractivity contribution in [2.24, 2.45) is 13.0 Å². The molecule has 3 N–H and O–H groups in total. The number of hydrogen-bond acceptors (Lipinski definition) is 4. The minimum atomic E-state index is -0.112. The van der Waals surface area contributed by atoms with Crippen LogP contribution in [0.4, 0.5) is 5.69 Å². The molecule has 0 radical (unpaired) electrons. The number of rotatable bonds is 4. The number of nitrogens with one attached hydrogen (secondary N) is 1. The molecule has 6 heteroatoms. The molecule has 0 bridgehead atoms. The van der Waals surface area contributed by atoms with Gasteiger partial charge in [-0.2, -0.15) is 16.9 Å². The fraction of sp³-hybridized carbons (Fsp3) is 0.667. The molecule has 1 saturated heterocycles. The van der Waals surface area contributed by atoms with Gasteiger partial charge in [0.05, 0.1) is 11.4 Å². The summed E-state index contributed by atoms with van der Waals surface area (Å²) in [5.41, 5.74) is 7.74. The lowest BCUT2D eigenvalue weighted by molar-refractivity contribution is 0.0940. The Hall–Kier alpha value is -1.17. The van der Waals surface area contributed by atoms with Gasteiger partial charge in [-0.1, -0.05) is 6.92 Å². The van der Waals surface area contributed by atoms with Gasteiger partial charge in [0, 0.05) is 13.6 Å². The molecule has 0 saturated carbocycles. The monoisotopic (exact) mass is 268 g/mol. The number of nitrogens with zero attached hydrogens (tertiary/aromatic N) is 2. The van der Waals surface area contributed by atoms with E-state index in [1.54, 1.807) is 11.7 Å². The first kappa shape index (κ1) is 13.3. The zero-order valence-electron chi connectivity index (χ0n) is 10.9. The lowest BCUT2D eigenvalue weighted by atomic mass is 10.1. The number of nitrogen functional groups attached to an aromatic ring is 1. The van der Waals surface area contributed by atoms with E-state index in [2.05, 4.69) is 10.4 Å². The highest BCUT2D eigenvalue weighted by Crippen LogP contribution is 2.23. The van der Waals surface area contributed by atoms with Crippen molar-refractivity contribution in [3.05, 3.63) is 11.4 Å². The van der Waals surface area contributed by atoms with Crippen LogP contribution in [0, 0.1) is 5.92 Å². The van der Waals surface area contributed by atoms with E-state index in [0.29, 0.717) is 17.3 Å². The second-order valence-electron chi connectivity index (χ2n) is 4.63. The molecular formula is C12H20N4OS. The van der Waals surface area contributed by atoms with Crippen LogP contribution in [-0.4, -0.2) is 33.7 Å². The topological polar surface area (TPSA) is 72.9 Å². The molecule has 1 aliphatic rings. The average Bonchev–Trinajstić information content (AvgIpc) is 2.94. The summed E-state index contributed by atoms with van der Waals surface area (Å²) >= 11 is 1.95. The van der Waals surface area contributed by atoms with E-state index in [9.17, 15) is 4.79 Å². The minimum Gasteiger partial charge on any atom is -0.395 e. The van der Waals surface area contributed by atoms with Crippen molar-refractivity contribution < 1.29 is 4.79 Å². The third-order valence-electron chi connectivity index (χ3n) is 3.29. The van der Waals surface area contributed by atoms with Crippen LogP contribution < -0.4 is 11.1 Å². The predicted molar refractivity (Wildman–Crippen MR) is 74.8 cm³/mol. The first-order chi connectivity index (χ1) is 8.63. The number of aromatic nitrogens is 2. The molecule has 0 spiro atoms. The molecule has 1 fully saturated rings. The molecule has 1 unspecified atom stereocenters. The summed E-state index contributed by atoms with van der Waals surface area (Å²) in [6, 6.07) is 0. The van der Waals surface area contributed by atoms with Crippen LogP contribution in [0.2, 0.25) is 0 Å². The number of amides is 1. The van der Waals surface area contributed by atoms with Gasteiger partial charge in [-0.25, -0.2) is 0 Å². The SMILES string of the molecule is CCc1nn(C)c(C(=O)NCC2CCSC2)c1N. The lowest BCUT2D eigenvalue weighted by Gasteiger charge is -2.10. The first-order valence-corrected chi connectivity index (χ1v) is 7.46. The smallest absolute Gasteiger partial charge is 0.271 e. The number of carbonyl (C=O) groups excluding carboxylic acids is 1. The van der Waals surface area contributed by atoms with Crippen molar-refractivity contribution in [2.45, 2.75) is 19.8 Å². The van der Waals surface area contributed by atoms with Gasteiger partial charge in [0.1, 0.15) is 5.69 Å². The highest BCUT2D eigenvalue weighted by molar-refractivity contribution is 7.99. The van der Waals surface area contributed by atoms with Gasteiger partial charge in [0.2, 0.25) is 0 Å². The Morgan fingerprint density at radius 1 is 1.67 bits per heavy atom. The summed E-state index contributed by atoms with van der Waals surface area (Å²) in [7, 11) is 1.76. The fourth-order valence-electron chi connectivity index (χ4n) is 2.19. The molecule has 1 aromatic heterocycles. The summed E-state index contributed by atoms with van der Waals surface area (Å²) in [5.74, 6) is 2.83. The van der Waals surface area contributed by atoms with Gasteiger partial charge < -0.3 is 11.1 Å². The van der Waals surface area contributed by atoms with E-state index >= 15 is 0 Å². The van der Waals surface area contributed by atoms with Crippen LogP contribution in [0.1, 0.15) is 29.5 Å². The van der Waals surface area contributed by atoms with E-state index in [0.717, 1.165) is 24.4 Å². The van der Waals surface area contributed by atoms with Crippen molar-refractivity contribution >= 4 is 23.4 Å². The van der Waals surface area contributed by atoms with Gasteiger partial charge in [0.15, 0.2) is 0 Å². The van der Waals surface area contributed by atoms with Crippen molar-refractivity contribution in [2.75, 3.05) is 23.8 Å². The fourth-order valence-corrected chi connectivity index (χ4v) is 3.48. The second kappa shape index (κ2) is 5.65. The maximum absolute atomic E-state index is 12.1. The predicted octanol–water partition coefficient (Wildman–Crippen LogP) is 1.05. The maximum Gasteiger partial charge on any atom is 0.271 e. The molecule has 100 valence electrons. The minimum absolute atomic E-state index is 0.112. The Morgan fingerprint density at radius 3 is 3.00 bits per heavy atom. The van der Waals surface area contributed by atoms with Crippen LogP contribution in [-0.2, 0) is 13.5 Å². The second-order valence-corrected chi connectivity index (χ2v) is 5.78. The third kappa shape index (κ3) is 2.63. The van der Waals surface area contributed by atoms with Crippen molar-refractivity contribution in [1.82, 2.24) is 15.1 Å². The number of carbonyl (C=O) groups is 1. The van der Waals surface area contributed by atoms with Gasteiger partial charge >= 0.3 is 0 Å². The van der Waals surface area contributed by atoms with Crippen LogP contribution in [0.15, 0.2) is 0 Å². The number of nitrogens with two attached hydrogens (primary N) is 1. The van der Waals surface area contributed by atoms with Crippen LogP contribution in [0.3, 0.4) is 0 Å². The van der Waals surface area contributed by atoms with Gasteiger partial charge in [-0.15, -0.1) is 0 Å². The zero-order chi connectivity index (χ0) is 13.1. The van der Waals surface area contributed by atoms with Gasteiger partial charge in [-0.3, -0.25) is 9.48 Å². The van der Waals surface area contributed by atoms with Crippen molar-refractivity contribution in [3.63, 3.8) is 0 Å². The molecule has 5 nitrogen and oxygen atoms in total. The normalized spacial score (nSPS) is 19.1. The average molecular weight is 268 g/mol. The Labute approximate surface area is 111 Å². The first-order valence-electron chi connectivity index (χ1n) is 6.30. The largest absolute Gasteiger partial charge is 0.395 e. The molecule has 1 atom stereocenters. The Morgan fingerprint density at radius 2 is 2.44 bits per heavy atom. The van der Waals surface area contributed by atoms with Crippen molar-refractivity contribution in [1.29, 1.82) is 0 Å². The number of aryl methyl sites for hydroxylation is 2. The summed E-state index contributed by atoms with van der Waals surface area (Å²) < 4.78 is 1.58. The van der Waals surface area contributed by atoms with Crippen LogP contribution >= 0.6 is 11.8 Å². The quantitative estimate of drug-likeness (QED) is 0.856. The van der Waals surface area contributed by atoms with E-state index in [-0.39, 0.29) is 5.91 Å². The zero-order valence-corrected chi connectivity index (χ0v) is 11.7. The van der Waals surface area contributed by atoms with Gasteiger partial charge in [-0.05, 0) is 30.3 Å². The van der Waals surface area contributed by atoms with E-state index < -0.39 is 0 Å². The lowest BCUT2D eigenvalue weighted by Crippen LogP contribution is -2.31. The Kier molecular flexibility index (Phi) is 4.16. The molecule has 18 heavy (non-hydrogen) atoms. The third-order valence-corrected chi connectivity index (χ3v) is 4.52. The number of anilines is 1. The number of hydrogen-bond donors (Lipinski definition) is 2. The summed E-state index contributed by atoms with van der Waals surface area (Å²) in [5, 5.41) is 7.22. The molecule has 1 aromatic rings. The molecular weight excluding hydrogens is 248 g/mol. The summed E-state index contributed by atoms with van der Waals surface area (Å²) in [6.07, 6.45) is 1.93. The standard InChI is InChI=1S/C12H20N4OS/c1-3-9-10(13)11(16(2)15-9)12(17)14-6-8-4-5-18-7-8/h8H,3-7,13H2,1-2H3,(H,14,17). The Bertz CT molecular complexity index is 438. The molecule has 1 aliphatic heterocycles. The maximum atomic E-state index is 12.1. The highest BCUT2D eigenvalue weighted by Gasteiger charge is 2.21. The number of thioether (sulfide) groups is 1. The summed E-state index contributed by atoms with van der Waals surface area (Å²) in [4.78, 5) is 12.1. The molecule has 0 aromatic carbocycles. The summed E-state index contributed by atoms with van der Waals surface area (Å²) in [6.45, 7) is 2.72. The van der Waals surface area contributed by atoms with E-state index in [1.165, 1.54) is 12.2 Å². The van der Waals surface area contributed by atoms with Crippen LogP contribution in [0.25, 0.3) is 0 Å². The molecule has 0 aliphatic carbocycles.